The molecule has 2 aromatic heterocycles. The second kappa shape index (κ2) is 5.73. The predicted octanol–water partition coefficient (Wildman–Crippen LogP) is 0.465. The molecule has 0 bridgehead atoms. The van der Waals surface area contributed by atoms with E-state index in [1.54, 1.807) is 27.1 Å². The van der Waals surface area contributed by atoms with Gasteiger partial charge in [-0.2, -0.15) is 9.82 Å². The minimum atomic E-state index is -3.72. The average Bonchev–Trinajstić information content (AvgIpc) is 2.98. The first-order chi connectivity index (χ1) is 9.44. The highest BCUT2D eigenvalue weighted by molar-refractivity contribution is 7.89. The van der Waals surface area contributed by atoms with Crippen LogP contribution in [0.5, 0.6) is 0 Å². The summed E-state index contributed by atoms with van der Waals surface area (Å²) in [6.45, 7) is 3.81. The molecule has 1 atom stereocenters. The van der Waals surface area contributed by atoms with Crippen LogP contribution in [-0.4, -0.2) is 30.6 Å². The molecule has 110 valence electrons. The van der Waals surface area contributed by atoms with E-state index >= 15 is 0 Å². The number of nitrogens with one attached hydrogen (secondary N) is 3. The lowest BCUT2D eigenvalue weighted by molar-refractivity contribution is 0.427. The Morgan fingerprint density at radius 1 is 1.45 bits per heavy atom. The lowest BCUT2D eigenvalue weighted by Gasteiger charge is -2.11. The minimum absolute atomic E-state index is 0.0435. The molecule has 2 rings (SSSR count). The van der Waals surface area contributed by atoms with Crippen LogP contribution in [0.25, 0.3) is 0 Å². The van der Waals surface area contributed by atoms with Gasteiger partial charge in [0.15, 0.2) is 5.03 Å². The number of sulfonamides is 1. The van der Waals surface area contributed by atoms with Crippen molar-refractivity contribution in [1.82, 2.24) is 25.2 Å². The molecule has 3 N–H and O–H groups in total. The second-order valence-electron chi connectivity index (χ2n) is 4.41. The van der Waals surface area contributed by atoms with Crippen LogP contribution in [0, 0.1) is 6.92 Å². The van der Waals surface area contributed by atoms with Crippen molar-refractivity contribution in [2.24, 2.45) is 0 Å². The van der Waals surface area contributed by atoms with E-state index in [1.165, 1.54) is 6.20 Å². The molecule has 2 aromatic rings. The van der Waals surface area contributed by atoms with Crippen LogP contribution in [0.15, 0.2) is 21.8 Å². The maximum atomic E-state index is 12.3. The summed E-state index contributed by atoms with van der Waals surface area (Å²) in [7, 11) is -1.98. The smallest absolute Gasteiger partial charge is 0.258 e. The molecular formula is C11H17N5O3S. The average molecular weight is 299 g/mol. The van der Waals surface area contributed by atoms with Gasteiger partial charge >= 0.3 is 0 Å². The molecule has 0 saturated heterocycles. The van der Waals surface area contributed by atoms with Gasteiger partial charge in [0, 0.05) is 12.1 Å². The number of nitrogens with zero attached hydrogens (tertiary/aromatic N) is 2. The largest absolute Gasteiger partial charge is 0.444 e. The molecule has 9 heteroatoms. The topological polar surface area (TPSA) is 113 Å². The Hall–Kier alpha value is -1.71. The van der Waals surface area contributed by atoms with Crippen LogP contribution >= 0.6 is 0 Å². The molecule has 20 heavy (non-hydrogen) atoms. The van der Waals surface area contributed by atoms with Crippen molar-refractivity contribution in [3.63, 3.8) is 0 Å². The number of H-pyrrole nitrogens is 1. The predicted molar refractivity (Wildman–Crippen MR) is 71.3 cm³/mol. The first-order valence-corrected chi connectivity index (χ1v) is 7.54. The third kappa shape index (κ3) is 3.06. The van der Waals surface area contributed by atoms with Crippen LogP contribution in [0.3, 0.4) is 0 Å². The number of oxazole rings is 1. The van der Waals surface area contributed by atoms with Gasteiger partial charge in [0.1, 0.15) is 5.76 Å². The van der Waals surface area contributed by atoms with Crippen molar-refractivity contribution >= 4 is 10.0 Å². The van der Waals surface area contributed by atoms with Crippen LogP contribution in [0.1, 0.15) is 30.2 Å². The van der Waals surface area contributed by atoms with Crippen molar-refractivity contribution < 1.29 is 12.8 Å². The molecule has 0 aromatic carbocycles. The summed E-state index contributed by atoms with van der Waals surface area (Å²) < 4.78 is 32.4. The maximum absolute atomic E-state index is 12.3. The van der Waals surface area contributed by atoms with Crippen molar-refractivity contribution in [1.29, 1.82) is 0 Å². The van der Waals surface area contributed by atoms with Gasteiger partial charge in [-0.3, -0.25) is 5.10 Å². The summed E-state index contributed by atoms with van der Waals surface area (Å²) in [5.74, 6) is 0.948. The summed E-state index contributed by atoms with van der Waals surface area (Å²) >= 11 is 0. The summed E-state index contributed by atoms with van der Waals surface area (Å²) in [4.78, 5) is 4.01. The lowest BCUT2D eigenvalue weighted by Crippen LogP contribution is -2.28. The Bertz CT molecular complexity index is 676. The van der Waals surface area contributed by atoms with E-state index < -0.39 is 16.1 Å². The first kappa shape index (κ1) is 14.7. The van der Waals surface area contributed by atoms with Gasteiger partial charge in [-0.1, -0.05) is 0 Å². The van der Waals surface area contributed by atoms with E-state index in [0.29, 0.717) is 23.8 Å². The number of aromatic nitrogens is 3. The van der Waals surface area contributed by atoms with E-state index in [2.05, 4.69) is 25.2 Å². The van der Waals surface area contributed by atoms with Crippen molar-refractivity contribution in [2.75, 3.05) is 7.05 Å². The molecule has 1 unspecified atom stereocenters. The third-order valence-electron chi connectivity index (χ3n) is 2.66. The van der Waals surface area contributed by atoms with E-state index in [4.69, 9.17) is 4.42 Å². The standard InChI is InChI=1S/C11H17N5O3S/c1-7-4-13-10(19-7)8(2)16-20(17,18)11-9(5-12-3)6-14-15-11/h4,6,8,12,16H,5H2,1-3H3,(H,14,15). The Kier molecular flexibility index (Phi) is 4.21. The van der Waals surface area contributed by atoms with Gasteiger partial charge in [-0.05, 0) is 20.9 Å². The van der Waals surface area contributed by atoms with Crippen molar-refractivity contribution in [3.05, 3.63) is 29.6 Å². The van der Waals surface area contributed by atoms with E-state index in [9.17, 15) is 8.42 Å². The zero-order valence-electron chi connectivity index (χ0n) is 11.5. The van der Waals surface area contributed by atoms with Gasteiger partial charge in [0.2, 0.25) is 5.89 Å². The highest BCUT2D eigenvalue weighted by Crippen LogP contribution is 2.17. The summed E-state index contributed by atoms with van der Waals surface area (Å²) in [5.41, 5.74) is 0.566. The molecule has 0 aliphatic rings. The van der Waals surface area contributed by atoms with Gasteiger partial charge < -0.3 is 9.73 Å². The van der Waals surface area contributed by atoms with Crippen molar-refractivity contribution in [3.8, 4) is 0 Å². The third-order valence-corrected chi connectivity index (χ3v) is 4.21. The molecule has 0 aliphatic heterocycles. The number of hydrogen-bond donors (Lipinski definition) is 3. The SMILES string of the molecule is CNCc1cn[nH]c1S(=O)(=O)NC(C)c1ncc(C)o1. The molecular weight excluding hydrogens is 282 g/mol. The van der Waals surface area contributed by atoms with Crippen LogP contribution in [0.4, 0.5) is 0 Å². The Morgan fingerprint density at radius 2 is 2.20 bits per heavy atom. The second-order valence-corrected chi connectivity index (χ2v) is 6.06. The minimum Gasteiger partial charge on any atom is -0.444 e. The molecule has 0 fully saturated rings. The van der Waals surface area contributed by atoms with E-state index in [0.717, 1.165) is 0 Å². The molecule has 0 radical (unpaired) electrons. The lowest BCUT2D eigenvalue weighted by atomic mass is 10.4. The van der Waals surface area contributed by atoms with Gasteiger partial charge in [-0.25, -0.2) is 13.4 Å². The molecule has 2 heterocycles. The number of aryl methyl sites for hydroxylation is 1. The van der Waals surface area contributed by atoms with Crippen molar-refractivity contribution in [2.45, 2.75) is 31.5 Å². The zero-order chi connectivity index (χ0) is 14.8. The normalized spacial score (nSPS) is 13.6. The van der Waals surface area contributed by atoms with Crippen LogP contribution < -0.4 is 10.0 Å². The van der Waals surface area contributed by atoms with E-state index in [1.807, 2.05) is 0 Å². The van der Waals surface area contributed by atoms with Gasteiger partial charge in [0.05, 0.1) is 18.4 Å². The fourth-order valence-electron chi connectivity index (χ4n) is 1.76. The van der Waals surface area contributed by atoms with E-state index in [-0.39, 0.29) is 5.03 Å². The number of aromatic amines is 1. The quantitative estimate of drug-likeness (QED) is 0.714. The Balaban J connectivity index is 2.20. The molecule has 0 saturated carbocycles. The summed E-state index contributed by atoms with van der Waals surface area (Å²) in [6, 6.07) is -0.570. The van der Waals surface area contributed by atoms with Gasteiger partial charge in [0.25, 0.3) is 10.0 Å². The fraction of sp³-hybridized carbons (Fsp3) is 0.455. The summed E-state index contributed by atoms with van der Waals surface area (Å²) in [5, 5.41) is 9.20. The Morgan fingerprint density at radius 3 is 2.80 bits per heavy atom. The number of hydrogen-bond acceptors (Lipinski definition) is 6. The van der Waals surface area contributed by atoms with Crippen LogP contribution in [-0.2, 0) is 16.6 Å². The summed E-state index contributed by atoms with van der Waals surface area (Å²) in [6.07, 6.45) is 3.02. The molecule has 0 spiro atoms. The molecule has 8 nitrogen and oxygen atoms in total. The number of rotatable bonds is 6. The maximum Gasteiger partial charge on any atom is 0.258 e. The molecule has 0 amide bonds. The monoisotopic (exact) mass is 299 g/mol. The fourth-order valence-corrected chi connectivity index (χ4v) is 3.09. The highest BCUT2D eigenvalue weighted by atomic mass is 32.2. The highest BCUT2D eigenvalue weighted by Gasteiger charge is 2.25. The van der Waals surface area contributed by atoms with Gasteiger partial charge in [-0.15, -0.1) is 0 Å². The first-order valence-electron chi connectivity index (χ1n) is 6.05. The molecule has 0 aliphatic carbocycles. The zero-order valence-corrected chi connectivity index (χ0v) is 12.3. The van der Waals surface area contributed by atoms with Crippen LogP contribution in [0.2, 0.25) is 0 Å². The Labute approximate surface area is 117 Å².